The zero-order chi connectivity index (χ0) is 25.0. The Hall–Kier alpha value is -2.87. The fourth-order valence-electron chi connectivity index (χ4n) is 4.06. The Labute approximate surface area is 212 Å². The summed E-state index contributed by atoms with van der Waals surface area (Å²) in [7, 11) is 0. The quantitative estimate of drug-likeness (QED) is 0.289. The Balaban J connectivity index is 1.48. The molecule has 0 spiro atoms. The molecule has 5 nitrogen and oxygen atoms in total. The molecule has 0 aliphatic carbocycles. The maximum atomic E-state index is 15.9. The van der Waals surface area contributed by atoms with Crippen molar-refractivity contribution < 1.29 is 28.1 Å². The molecule has 0 bridgehead atoms. The predicted octanol–water partition coefficient (Wildman–Crippen LogP) is 5.64. The molecule has 0 saturated carbocycles. The Morgan fingerprint density at radius 3 is 1.72 bits per heavy atom. The molecule has 0 unspecified atom stereocenters. The van der Waals surface area contributed by atoms with E-state index in [2.05, 4.69) is 6.58 Å². The Morgan fingerprint density at radius 1 is 0.694 bits per heavy atom. The Morgan fingerprint density at radius 2 is 1.19 bits per heavy atom. The van der Waals surface area contributed by atoms with Crippen LogP contribution < -0.4 is 0 Å². The molecule has 1 heterocycles. The van der Waals surface area contributed by atoms with E-state index >= 15 is 4.39 Å². The molecule has 3 aromatic carbocycles. The second kappa shape index (κ2) is 14.0. The van der Waals surface area contributed by atoms with Crippen LogP contribution in [-0.2, 0) is 43.5 Å². The standard InChI is InChI=1S/C30H33FO5/c1-2-18-33-30-29(35-21-25-16-10-5-11-17-25)28(34-20-24-14-8-4-9-15-24)27(31)26(36-30)22-32-19-23-12-6-3-7-13-23/h2-17,26-30H,1,18-22H2/t26-,27+,28+,29-,30+/m1/s1. The molecule has 1 saturated heterocycles. The van der Waals surface area contributed by atoms with E-state index in [1.807, 2.05) is 91.0 Å². The van der Waals surface area contributed by atoms with E-state index < -0.39 is 30.8 Å². The highest BCUT2D eigenvalue weighted by Gasteiger charge is 2.48. The Kier molecular flexibility index (Phi) is 10.2. The van der Waals surface area contributed by atoms with Gasteiger partial charge in [-0.05, 0) is 16.7 Å². The highest BCUT2D eigenvalue weighted by molar-refractivity contribution is 5.15. The van der Waals surface area contributed by atoms with Crippen LogP contribution in [0.25, 0.3) is 0 Å². The van der Waals surface area contributed by atoms with Crippen molar-refractivity contribution in [3.63, 3.8) is 0 Å². The average molecular weight is 493 g/mol. The van der Waals surface area contributed by atoms with Gasteiger partial charge < -0.3 is 23.7 Å². The van der Waals surface area contributed by atoms with Crippen molar-refractivity contribution in [2.24, 2.45) is 0 Å². The van der Waals surface area contributed by atoms with Crippen LogP contribution in [-0.4, -0.2) is 44.0 Å². The summed E-state index contributed by atoms with van der Waals surface area (Å²) in [5.41, 5.74) is 2.91. The summed E-state index contributed by atoms with van der Waals surface area (Å²) in [5.74, 6) is 0. The van der Waals surface area contributed by atoms with Crippen LogP contribution in [0.4, 0.5) is 4.39 Å². The van der Waals surface area contributed by atoms with Crippen LogP contribution in [0.15, 0.2) is 104 Å². The summed E-state index contributed by atoms with van der Waals surface area (Å²) in [6.45, 7) is 4.88. The van der Waals surface area contributed by atoms with Gasteiger partial charge in [0.2, 0.25) is 0 Å². The summed E-state index contributed by atoms with van der Waals surface area (Å²) >= 11 is 0. The second-order valence-electron chi connectivity index (χ2n) is 8.63. The van der Waals surface area contributed by atoms with Gasteiger partial charge in [0.25, 0.3) is 0 Å². The third kappa shape index (κ3) is 7.56. The molecule has 4 rings (SSSR count). The lowest BCUT2D eigenvalue weighted by Gasteiger charge is -2.43. The number of ether oxygens (including phenoxy) is 5. The zero-order valence-corrected chi connectivity index (χ0v) is 20.3. The molecule has 6 heteroatoms. The van der Waals surface area contributed by atoms with Crippen LogP contribution in [0.2, 0.25) is 0 Å². The van der Waals surface area contributed by atoms with Crippen LogP contribution >= 0.6 is 0 Å². The Bertz CT molecular complexity index is 1020. The van der Waals surface area contributed by atoms with Crippen molar-refractivity contribution in [2.45, 2.75) is 50.6 Å². The molecule has 36 heavy (non-hydrogen) atoms. The molecule has 190 valence electrons. The molecule has 0 N–H and O–H groups in total. The predicted molar refractivity (Wildman–Crippen MR) is 136 cm³/mol. The molecule has 0 aromatic heterocycles. The lowest BCUT2D eigenvalue weighted by atomic mass is 9.99. The lowest BCUT2D eigenvalue weighted by molar-refractivity contribution is -0.309. The normalized spacial score (nSPS) is 23.9. The van der Waals surface area contributed by atoms with Gasteiger partial charge in [-0.25, -0.2) is 4.39 Å². The third-order valence-electron chi connectivity index (χ3n) is 5.91. The fraction of sp³-hybridized carbons (Fsp3) is 0.333. The molecule has 3 aromatic rings. The summed E-state index contributed by atoms with van der Waals surface area (Å²) < 4.78 is 46.0. The van der Waals surface area contributed by atoms with Crippen molar-refractivity contribution in [3.8, 4) is 0 Å². The van der Waals surface area contributed by atoms with Gasteiger partial charge >= 0.3 is 0 Å². The van der Waals surface area contributed by atoms with E-state index in [9.17, 15) is 0 Å². The van der Waals surface area contributed by atoms with Gasteiger partial charge in [-0.1, -0.05) is 97.1 Å². The summed E-state index contributed by atoms with van der Waals surface area (Å²) in [5, 5.41) is 0. The first-order valence-electron chi connectivity index (χ1n) is 12.2. The number of rotatable bonds is 13. The molecule has 0 radical (unpaired) electrons. The smallest absolute Gasteiger partial charge is 0.187 e. The first-order valence-corrected chi connectivity index (χ1v) is 12.2. The van der Waals surface area contributed by atoms with E-state index in [0.29, 0.717) is 6.61 Å². The largest absolute Gasteiger partial charge is 0.374 e. The van der Waals surface area contributed by atoms with Gasteiger partial charge in [0, 0.05) is 0 Å². The van der Waals surface area contributed by atoms with Gasteiger partial charge in [-0.3, -0.25) is 0 Å². The van der Waals surface area contributed by atoms with E-state index in [1.165, 1.54) is 0 Å². The molecular formula is C30H33FO5. The molecule has 1 aliphatic rings. The number of hydrogen-bond donors (Lipinski definition) is 0. The molecule has 1 fully saturated rings. The van der Waals surface area contributed by atoms with Crippen LogP contribution in [0, 0.1) is 0 Å². The third-order valence-corrected chi connectivity index (χ3v) is 5.91. The summed E-state index contributed by atoms with van der Waals surface area (Å²) in [6.07, 6.45) is -3.27. The lowest BCUT2D eigenvalue weighted by Crippen LogP contribution is -2.59. The second-order valence-corrected chi connectivity index (χ2v) is 8.63. The summed E-state index contributed by atoms with van der Waals surface area (Å²) in [6, 6.07) is 29.1. The van der Waals surface area contributed by atoms with Crippen molar-refractivity contribution in [2.75, 3.05) is 13.2 Å². The minimum absolute atomic E-state index is 0.0562. The van der Waals surface area contributed by atoms with Crippen molar-refractivity contribution >= 4 is 0 Å². The average Bonchev–Trinajstić information content (AvgIpc) is 2.93. The molecular weight excluding hydrogens is 459 g/mol. The van der Waals surface area contributed by atoms with E-state index in [0.717, 1.165) is 16.7 Å². The maximum Gasteiger partial charge on any atom is 0.187 e. The van der Waals surface area contributed by atoms with Gasteiger partial charge in [0.15, 0.2) is 12.5 Å². The van der Waals surface area contributed by atoms with E-state index in [-0.39, 0.29) is 26.4 Å². The first kappa shape index (κ1) is 26.2. The van der Waals surface area contributed by atoms with Crippen molar-refractivity contribution in [3.05, 3.63) is 120 Å². The van der Waals surface area contributed by atoms with Crippen molar-refractivity contribution in [1.82, 2.24) is 0 Å². The topological polar surface area (TPSA) is 46.2 Å². The van der Waals surface area contributed by atoms with Crippen LogP contribution in [0.3, 0.4) is 0 Å². The minimum atomic E-state index is -1.48. The van der Waals surface area contributed by atoms with Gasteiger partial charge in [-0.15, -0.1) is 6.58 Å². The van der Waals surface area contributed by atoms with E-state index in [4.69, 9.17) is 23.7 Å². The van der Waals surface area contributed by atoms with Crippen molar-refractivity contribution in [1.29, 1.82) is 0 Å². The van der Waals surface area contributed by atoms with Gasteiger partial charge in [-0.2, -0.15) is 0 Å². The van der Waals surface area contributed by atoms with Gasteiger partial charge in [0.05, 0.1) is 33.0 Å². The number of hydrogen-bond acceptors (Lipinski definition) is 5. The van der Waals surface area contributed by atoms with Crippen LogP contribution in [0.5, 0.6) is 0 Å². The number of halogens is 1. The maximum absolute atomic E-state index is 15.9. The fourth-order valence-corrected chi connectivity index (χ4v) is 4.06. The first-order chi connectivity index (χ1) is 17.7. The molecule has 5 atom stereocenters. The monoisotopic (exact) mass is 492 g/mol. The summed E-state index contributed by atoms with van der Waals surface area (Å²) in [4.78, 5) is 0. The number of benzene rings is 3. The van der Waals surface area contributed by atoms with Gasteiger partial charge in [0.1, 0.15) is 18.3 Å². The number of alkyl halides is 1. The zero-order valence-electron chi connectivity index (χ0n) is 20.3. The SMILES string of the molecule is C=CCO[C@H]1O[C@H](COCc2ccccc2)[C@H](F)[C@H](OCc2ccccc2)[C@H]1OCc1ccccc1. The van der Waals surface area contributed by atoms with Crippen LogP contribution in [0.1, 0.15) is 16.7 Å². The highest BCUT2D eigenvalue weighted by atomic mass is 19.1. The minimum Gasteiger partial charge on any atom is -0.374 e. The highest BCUT2D eigenvalue weighted by Crippen LogP contribution is 2.31. The molecule has 1 aliphatic heterocycles. The van der Waals surface area contributed by atoms with E-state index in [1.54, 1.807) is 6.08 Å². The molecule has 0 amide bonds.